The lowest BCUT2D eigenvalue weighted by Crippen LogP contribution is -2.04. The first-order chi connectivity index (χ1) is 26.3. The summed E-state index contributed by atoms with van der Waals surface area (Å²) in [5.41, 5.74) is 7.48. The predicted octanol–water partition coefficient (Wildman–Crippen LogP) is 13.6. The molecule has 0 aliphatic rings. The third-order valence-electron chi connectivity index (χ3n) is 11.3. The van der Waals surface area contributed by atoms with Crippen molar-refractivity contribution in [3.8, 4) is 17.1 Å². The maximum absolute atomic E-state index is 6.43. The van der Waals surface area contributed by atoms with Crippen LogP contribution < -0.4 is 0 Å². The van der Waals surface area contributed by atoms with Crippen molar-refractivity contribution >= 4 is 119 Å². The molecule has 0 unspecified atom stereocenters. The normalized spacial score (nSPS) is 12.5. The largest absolute Gasteiger partial charge is 0.456 e. The molecule has 0 aliphatic heterocycles. The molecule has 4 heterocycles. The highest BCUT2D eigenvalue weighted by Gasteiger charge is 2.26. The number of benzene rings is 8. The van der Waals surface area contributed by atoms with Crippen molar-refractivity contribution in [3.63, 3.8) is 0 Å². The summed E-state index contributed by atoms with van der Waals surface area (Å²) in [5.74, 6) is 0.801. The van der Waals surface area contributed by atoms with E-state index in [1.54, 1.807) is 0 Å². The van der Waals surface area contributed by atoms with Crippen LogP contribution in [0.1, 0.15) is 0 Å². The van der Waals surface area contributed by atoms with E-state index in [1.807, 2.05) is 23.5 Å². The SMILES string of the molecule is c1ccc2c(c1)ccc1nc(-c3cccc4oc5ccccc5c34)c(-n3c4cccc5c6ccccc6c6cccc7sc8ccc3c(c8c76)c54)nc12. The Balaban J connectivity index is 1.29. The Kier molecular flexibility index (Phi) is 5.22. The van der Waals surface area contributed by atoms with Crippen LogP contribution in [0.4, 0.5) is 0 Å². The standard InChI is InChI=1S/C48H25N3OS/c1-2-11-27-26(10-1)22-23-34-46(27)50-48(47(49-34)33-17-8-20-38-41(33)32-14-5-6-19-37(32)52-38)51-35-18-7-15-30-28-12-3-4-13-29(28)31-16-9-21-39-43(31)45-40(53-39)25-24-36(51)44(45)42(30)35/h1-25H. The monoisotopic (exact) mass is 691 g/mol. The van der Waals surface area contributed by atoms with E-state index in [2.05, 4.69) is 144 Å². The molecule has 0 bridgehead atoms. The van der Waals surface area contributed by atoms with E-state index in [1.165, 1.54) is 52.5 Å². The van der Waals surface area contributed by atoms with Gasteiger partial charge in [-0.1, -0.05) is 109 Å². The Morgan fingerprint density at radius 1 is 0.434 bits per heavy atom. The van der Waals surface area contributed by atoms with Crippen molar-refractivity contribution in [2.75, 3.05) is 0 Å². The summed E-state index contributed by atoms with van der Waals surface area (Å²) in [4.78, 5) is 11.3. The Morgan fingerprint density at radius 2 is 1.11 bits per heavy atom. The third-order valence-corrected chi connectivity index (χ3v) is 12.5. The van der Waals surface area contributed by atoms with Crippen molar-refractivity contribution in [3.05, 3.63) is 152 Å². The molecule has 0 spiro atoms. The Labute approximate surface area is 305 Å². The molecule has 13 aromatic rings. The molecule has 0 atom stereocenters. The molecule has 0 N–H and O–H groups in total. The number of hydrogen-bond donors (Lipinski definition) is 0. The van der Waals surface area contributed by atoms with Gasteiger partial charge in [0.2, 0.25) is 0 Å². The number of rotatable bonds is 2. The molecule has 244 valence electrons. The minimum Gasteiger partial charge on any atom is -0.456 e. The fourth-order valence-corrected chi connectivity index (χ4v) is 10.3. The van der Waals surface area contributed by atoms with Gasteiger partial charge < -0.3 is 4.42 Å². The van der Waals surface area contributed by atoms with Crippen LogP contribution in [0.3, 0.4) is 0 Å². The summed E-state index contributed by atoms with van der Waals surface area (Å²) in [6, 6.07) is 54.3. The fourth-order valence-electron chi connectivity index (χ4n) is 9.18. The van der Waals surface area contributed by atoms with E-state index in [0.717, 1.165) is 71.9 Å². The average Bonchev–Trinajstić information content (AvgIpc) is 3.89. The van der Waals surface area contributed by atoms with E-state index in [4.69, 9.17) is 14.4 Å². The van der Waals surface area contributed by atoms with E-state index < -0.39 is 0 Å². The van der Waals surface area contributed by atoms with Gasteiger partial charge in [-0.2, -0.15) is 0 Å². The second kappa shape index (κ2) is 9.94. The summed E-state index contributed by atoms with van der Waals surface area (Å²) in [6.07, 6.45) is 0. The molecule has 5 heteroatoms. The van der Waals surface area contributed by atoms with Crippen LogP contribution in [0.25, 0.3) is 124 Å². The predicted molar refractivity (Wildman–Crippen MR) is 223 cm³/mol. The van der Waals surface area contributed by atoms with E-state index in [9.17, 15) is 0 Å². The van der Waals surface area contributed by atoms with Gasteiger partial charge in [0.25, 0.3) is 0 Å². The summed E-state index contributed by atoms with van der Waals surface area (Å²) in [5, 5.41) is 14.5. The number of fused-ring (bicyclic) bond motifs is 9. The van der Waals surface area contributed by atoms with Crippen molar-refractivity contribution in [2.24, 2.45) is 0 Å². The minimum absolute atomic E-state index is 0.801. The highest BCUT2D eigenvalue weighted by Crippen LogP contribution is 2.49. The molecule has 4 aromatic heterocycles. The molecule has 13 rings (SSSR count). The van der Waals surface area contributed by atoms with E-state index in [0.29, 0.717) is 0 Å². The van der Waals surface area contributed by atoms with Gasteiger partial charge >= 0.3 is 0 Å². The number of para-hydroxylation sites is 1. The topological polar surface area (TPSA) is 43.9 Å². The van der Waals surface area contributed by atoms with Crippen LogP contribution in [0.2, 0.25) is 0 Å². The van der Waals surface area contributed by atoms with Crippen LogP contribution in [-0.4, -0.2) is 14.5 Å². The quantitative estimate of drug-likeness (QED) is 0.170. The maximum Gasteiger partial charge on any atom is 0.165 e. The summed E-state index contributed by atoms with van der Waals surface area (Å²) in [7, 11) is 0. The van der Waals surface area contributed by atoms with Crippen LogP contribution in [-0.2, 0) is 0 Å². The highest BCUT2D eigenvalue weighted by atomic mass is 32.1. The third kappa shape index (κ3) is 3.54. The first-order valence-electron chi connectivity index (χ1n) is 17.9. The van der Waals surface area contributed by atoms with Crippen molar-refractivity contribution in [1.29, 1.82) is 0 Å². The average molecular weight is 692 g/mol. The zero-order chi connectivity index (χ0) is 34.4. The number of furan rings is 1. The first kappa shape index (κ1) is 27.8. The summed E-state index contributed by atoms with van der Waals surface area (Å²) >= 11 is 1.88. The Bertz CT molecular complexity index is 3700. The molecule has 0 aliphatic carbocycles. The molecule has 4 nitrogen and oxygen atoms in total. The van der Waals surface area contributed by atoms with Crippen molar-refractivity contribution in [1.82, 2.24) is 14.5 Å². The zero-order valence-corrected chi connectivity index (χ0v) is 28.9. The molecule has 9 aromatic carbocycles. The highest BCUT2D eigenvalue weighted by molar-refractivity contribution is 7.26. The number of nitrogens with zero attached hydrogens (tertiary/aromatic N) is 3. The lowest BCUT2D eigenvalue weighted by molar-refractivity contribution is 0.669. The van der Waals surface area contributed by atoms with E-state index in [-0.39, 0.29) is 0 Å². The molecule has 0 saturated heterocycles. The number of aromatic nitrogens is 3. The Morgan fingerprint density at radius 3 is 2.00 bits per heavy atom. The molecule has 53 heavy (non-hydrogen) atoms. The zero-order valence-electron chi connectivity index (χ0n) is 28.1. The van der Waals surface area contributed by atoms with Gasteiger partial charge in [-0.15, -0.1) is 11.3 Å². The molecular weight excluding hydrogens is 667 g/mol. The molecule has 0 fully saturated rings. The smallest absolute Gasteiger partial charge is 0.165 e. The maximum atomic E-state index is 6.43. The first-order valence-corrected chi connectivity index (χ1v) is 18.7. The van der Waals surface area contributed by atoms with Crippen LogP contribution in [0, 0.1) is 0 Å². The van der Waals surface area contributed by atoms with Crippen LogP contribution in [0.5, 0.6) is 0 Å². The van der Waals surface area contributed by atoms with Crippen LogP contribution in [0.15, 0.2) is 156 Å². The number of hydrogen-bond acceptors (Lipinski definition) is 4. The second-order valence-electron chi connectivity index (χ2n) is 14.0. The van der Waals surface area contributed by atoms with Gasteiger partial charge in [-0.25, -0.2) is 9.97 Å². The molecule has 0 saturated carbocycles. The van der Waals surface area contributed by atoms with Gasteiger partial charge in [0.05, 0.1) is 22.1 Å². The van der Waals surface area contributed by atoms with E-state index >= 15 is 0 Å². The van der Waals surface area contributed by atoms with Gasteiger partial charge in [-0.3, -0.25) is 4.57 Å². The lowest BCUT2D eigenvalue weighted by Gasteiger charge is -2.15. The lowest BCUT2D eigenvalue weighted by atomic mass is 9.95. The van der Waals surface area contributed by atoms with Gasteiger partial charge in [0.15, 0.2) is 5.82 Å². The van der Waals surface area contributed by atoms with Gasteiger partial charge in [0.1, 0.15) is 16.9 Å². The Hall–Kier alpha value is -6.82. The molecule has 0 amide bonds. The summed E-state index contributed by atoms with van der Waals surface area (Å²) in [6.45, 7) is 0. The van der Waals surface area contributed by atoms with Crippen molar-refractivity contribution in [2.45, 2.75) is 0 Å². The van der Waals surface area contributed by atoms with Crippen LogP contribution >= 0.6 is 11.3 Å². The molecular formula is C48H25N3OS. The second-order valence-corrected chi connectivity index (χ2v) is 15.1. The van der Waals surface area contributed by atoms with Gasteiger partial charge in [0, 0.05) is 52.7 Å². The minimum atomic E-state index is 0.801. The van der Waals surface area contributed by atoms with Crippen molar-refractivity contribution < 1.29 is 4.42 Å². The molecule has 0 radical (unpaired) electrons. The summed E-state index contributed by atoms with van der Waals surface area (Å²) < 4.78 is 11.4. The fraction of sp³-hybridized carbons (Fsp3) is 0. The van der Waals surface area contributed by atoms with Gasteiger partial charge in [-0.05, 0) is 69.4 Å². The number of thiophene rings is 1.